The first-order valence-corrected chi connectivity index (χ1v) is 7.77. The molecule has 0 atom stereocenters. The quantitative estimate of drug-likeness (QED) is 0.746. The van der Waals surface area contributed by atoms with Crippen LogP contribution in [0, 0.1) is 5.41 Å². The SMILES string of the molecule is CCCN(C)c1cnn(CCCC(C)(C)C(N)=S)c(=O)c1. The van der Waals surface area contributed by atoms with Crippen LogP contribution in [0.25, 0.3) is 0 Å². The maximum Gasteiger partial charge on any atom is 0.268 e. The van der Waals surface area contributed by atoms with Crippen LogP contribution in [0.15, 0.2) is 17.1 Å². The maximum absolute atomic E-state index is 12.1. The second-order valence-corrected chi connectivity index (χ2v) is 6.49. The number of hydrogen-bond acceptors (Lipinski definition) is 4. The van der Waals surface area contributed by atoms with E-state index in [2.05, 4.69) is 12.0 Å². The summed E-state index contributed by atoms with van der Waals surface area (Å²) in [6, 6.07) is 1.64. The van der Waals surface area contributed by atoms with Crippen molar-refractivity contribution < 1.29 is 0 Å². The number of nitrogens with zero attached hydrogens (tertiary/aromatic N) is 3. The minimum atomic E-state index is -0.180. The lowest BCUT2D eigenvalue weighted by atomic mass is 9.88. The van der Waals surface area contributed by atoms with Crippen LogP contribution in [-0.4, -0.2) is 28.4 Å². The van der Waals surface area contributed by atoms with Gasteiger partial charge < -0.3 is 10.6 Å². The van der Waals surface area contributed by atoms with Crippen molar-refractivity contribution >= 4 is 22.9 Å². The summed E-state index contributed by atoms with van der Waals surface area (Å²) in [4.78, 5) is 14.6. The number of thiocarbonyl (C=S) groups is 1. The van der Waals surface area contributed by atoms with Crippen molar-refractivity contribution in [3.8, 4) is 0 Å². The third-order valence-electron chi connectivity index (χ3n) is 3.69. The molecule has 6 heteroatoms. The third kappa shape index (κ3) is 5.12. The Hall–Kier alpha value is -1.43. The van der Waals surface area contributed by atoms with Gasteiger partial charge in [-0.15, -0.1) is 0 Å². The van der Waals surface area contributed by atoms with Crippen LogP contribution in [0.5, 0.6) is 0 Å². The third-order valence-corrected chi connectivity index (χ3v) is 4.25. The molecule has 0 unspecified atom stereocenters. The summed E-state index contributed by atoms with van der Waals surface area (Å²) in [6.45, 7) is 7.65. The minimum Gasteiger partial charge on any atom is -0.393 e. The van der Waals surface area contributed by atoms with E-state index in [1.807, 2.05) is 25.8 Å². The van der Waals surface area contributed by atoms with E-state index in [4.69, 9.17) is 18.0 Å². The fraction of sp³-hybridized carbons (Fsp3) is 0.667. The van der Waals surface area contributed by atoms with Crippen LogP contribution in [0.4, 0.5) is 5.69 Å². The van der Waals surface area contributed by atoms with E-state index in [0.29, 0.717) is 11.5 Å². The van der Waals surface area contributed by atoms with Crippen LogP contribution < -0.4 is 16.2 Å². The van der Waals surface area contributed by atoms with Crippen LogP contribution >= 0.6 is 12.2 Å². The Morgan fingerprint density at radius 1 is 1.52 bits per heavy atom. The Balaban J connectivity index is 2.66. The van der Waals surface area contributed by atoms with Gasteiger partial charge in [0.15, 0.2) is 0 Å². The van der Waals surface area contributed by atoms with Gasteiger partial charge in [0.2, 0.25) is 0 Å². The van der Waals surface area contributed by atoms with Crippen molar-refractivity contribution in [2.75, 3.05) is 18.5 Å². The highest BCUT2D eigenvalue weighted by atomic mass is 32.1. The van der Waals surface area contributed by atoms with Crippen molar-refractivity contribution in [3.63, 3.8) is 0 Å². The highest BCUT2D eigenvalue weighted by Gasteiger charge is 2.20. The zero-order valence-corrected chi connectivity index (χ0v) is 14.2. The van der Waals surface area contributed by atoms with Crippen molar-refractivity contribution in [1.29, 1.82) is 0 Å². The van der Waals surface area contributed by atoms with Crippen LogP contribution in [0.1, 0.15) is 40.0 Å². The molecule has 0 aromatic carbocycles. The molecule has 1 aromatic rings. The zero-order chi connectivity index (χ0) is 16.0. The number of anilines is 1. The molecule has 2 N–H and O–H groups in total. The number of aromatic nitrogens is 2. The average molecular weight is 310 g/mol. The van der Waals surface area contributed by atoms with Gasteiger partial charge in [-0.05, 0) is 19.3 Å². The number of nitrogens with two attached hydrogens (primary N) is 1. The van der Waals surface area contributed by atoms with Gasteiger partial charge in [-0.25, -0.2) is 4.68 Å². The van der Waals surface area contributed by atoms with Gasteiger partial charge in [0.05, 0.1) is 16.9 Å². The second kappa shape index (κ2) is 7.54. The fourth-order valence-electron chi connectivity index (χ4n) is 2.06. The molecule has 118 valence electrons. The lowest BCUT2D eigenvalue weighted by molar-refractivity contribution is 0.419. The Bertz CT molecular complexity index is 539. The normalized spacial score (nSPS) is 11.4. The number of aryl methyl sites for hydroxylation is 1. The molecule has 5 nitrogen and oxygen atoms in total. The fourth-order valence-corrected chi connectivity index (χ4v) is 2.16. The van der Waals surface area contributed by atoms with E-state index in [1.54, 1.807) is 12.3 Å². The molecule has 0 fully saturated rings. The predicted octanol–water partition coefficient (Wildman–Crippen LogP) is 2.18. The summed E-state index contributed by atoms with van der Waals surface area (Å²) >= 11 is 5.05. The molecular formula is C15H26N4OS. The molecule has 0 spiro atoms. The van der Waals surface area contributed by atoms with Gasteiger partial charge in [0, 0.05) is 31.6 Å². The first kappa shape index (κ1) is 17.6. The van der Waals surface area contributed by atoms with Crippen LogP contribution in [0.2, 0.25) is 0 Å². The largest absolute Gasteiger partial charge is 0.393 e. The van der Waals surface area contributed by atoms with Gasteiger partial charge in [-0.1, -0.05) is 33.0 Å². The van der Waals surface area contributed by atoms with Crippen molar-refractivity contribution in [2.24, 2.45) is 11.1 Å². The molecule has 0 aliphatic rings. The number of rotatable bonds is 8. The van der Waals surface area contributed by atoms with Crippen molar-refractivity contribution in [3.05, 3.63) is 22.6 Å². The molecule has 1 rings (SSSR count). The van der Waals surface area contributed by atoms with E-state index in [1.165, 1.54) is 4.68 Å². The molecular weight excluding hydrogens is 284 g/mol. The highest BCUT2D eigenvalue weighted by molar-refractivity contribution is 7.80. The molecule has 21 heavy (non-hydrogen) atoms. The molecule has 0 saturated carbocycles. The smallest absolute Gasteiger partial charge is 0.268 e. The summed E-state index contributed by atoms with van der Waals surface area (Å²) in [5.41, 5.74) is 6.32. The standard InChI is InChI=1S/C15H26N4OS/c1-5-8-18(4)12-10-13(20)19(17-11-12)9-6-7-15(2,3)14(16)21/h10-11H,5-9H2,1-4H3,(H2,16,21). The van der Waals surface area contributed by atoms with E-state index in [9.17, 15) is 4.79 Å². The monoisotopic (exact) mass is 310 g/mol. The predicted molar refractivity (Wildman–Crippen MR) is 91.9 cm³/mol. The summed E-state index contributed by atoms with van der Waals surface area (Å²) in [5.74, 6) is 0. The van der Waals surface area contributed by atoms with Gasteiger partial charge in [0.1, 0.15) is 0 Å². The Kier molecular flexibility index (Phi) is 6.33. The first-order valence-electron chi connectivity index (χ1n) is 7.36. The topological polar surface area (TPSA) is 64.2 Å². The van der Waals surface area contributed by atoms with Crippen molar-refractivity contribution in [2.45, 2.75) is 46.6 Å². The van der Waals surface area contributed by atoms with E-state index < -0.39 is 0 Å². The van der Waals surface area contributed by atoms with Gasteiger partial charge in [-0.2, -0.15) is 5.10 Å². The highest BCUT2D eigenvalue weighted by Crippen LogP contribution is 2.22. The van der Waals surface area contributed by atoms with Crippen LogP contribution in [-0.2, 0) is 6.54 Å². The van der Waals surface area contributed by atoms with Gasteiger partial charge in [0.25, 0.3) is 5.56 Å². The molecule has 0 radical (unpaired) electrons. The van der Waals surface area contributed by atoms with Gasteiger partial charge >= 0.3 is 0 Å². The molecule has 0 amide bonds. The Morgan fingerprint density at radius 2 is 2.19 bits per heavy atom. The number of hydrogen-bond donors (Lipinski definition) is 1. The zero-order valence-electron chi connectivity index (χ0n) is 13.4. The summed E-state index contributed by atoms with van der Waals surface area (Å²) in [7, 11) is 1.97. The second-order valence-electron chi connectivity index (χ2n) is 6.05. The van der Waals surface area contributed by atoms with E-state index >= 15 is 0 Å². The summed E-state index contributed by atoms with van der Waals surface area (Å²) < 4.78 is 1.50. The Labute approximate surface area is 132 Å². The lowest BCUT2D eigenvalue weighted by Crippen LogP contribution is -2.31. The molecule has 0 aliphatic carbocycles. The average Bonchev–Trinajstić information content (AvgIpc) is 2.40. The molecule has 0 bridgehead atoms. The molecule has 0 aliphatic heterocycles. The minimum absolute atomic E-state index is 0.0661. The maximum atomic E-state index is 12.1. The van der Waals surface area contributed by atoms with E-state index in [0.717, 1.165) is 31.5 Å². The van der Waals surface area contributed by atoms with Crippen molar-refractivity contribution in [1.82, 2.24) is 9.78 Å². The first-order chi connectivity index (χ1) is 9.77. The van der Waals surface area contributed by atoms with E-state index in [-0.39, 0.29) is 11.0 Å². The Morgan fingerprint density at radius 3 is 2.71 bits per heavy atom. The summed E-state index contributed by atoms with van der Waals surface area (Å²) in [5, 5.41) is 4.24. The molecule has 1 heterocycles. The molecule has 1 aromatic heterocycles. The lowest BCUT2D eigenvalue weighted by Gasteiger charge is -2.23. The summed E-state index contributed by atoms with van der Waals surface area (Å²) in [6.07, 6.45) is 4.44. The van der Waals surface area contributed by atoms with Gasteiger partial charge in [-0.3, -0.25) is 4.79 Å². The molecule has 0 saturated heterocycles. The van der Waals surface area contributed by atoms with Crippen LogP contribution in [0.3, 0.4) is 0 Å².